The van der Waals surface area contributed by atoms with Crippen molar-refractivity contribution in [3.8, 4) is 11.8 Å². The van der Waals surface area contributed by atoms with Gasteiger partial charge < -0.3 is 9.47 Å². The number of ether oxygens (including phenoxy) is 2. The molecule has 0 fully saturated rings. The highest BCUT2D eigenvalue weighted by atomic mass is 16.5. The fourth-order valence-electron chi connectivity index (χ4n) is 0.979. The number of carbonyl (C=O) groups excluding carboxylic acids is 1. The van der Waals surface area contributed by atoms with E-state index in [1.807, 2.05) is 0 Å². The summed E-state index contributed by atoms with van der Waals surface area (Å²) in [7, 11) is 0. The van der Waals surface area contributed by atoms with E-state index in [9.17, 15) is 4.79 Å². The molecule has 13 heavy (non-hydrogen) atoms. The van der Waals surface area contributed by atoms with Gasteiger partial charge in [-0.1, -0.05) is 5.92 Å². The lowest BCUT2D eigenvalue weighted by Gasteiger charge is -2.11. The predicted octanol–water partition coefficient (Wildman–Crippen LogP) is 0.900. The van der Waals surface area contributed by atoms with Crippen LogP contribution in [0.25, 0.3) is 0 Å². The van der Waals surface area contributed by atoms with Crippen molar-refractivity contribution < 1.29 is 14.3 Å². The maximum atomic E-state index is 11.3. The second-order valence-electron chi connectivity index (χ2n) is 2.56. The molecule has 3 nitrogen and oxygen atoms in total. The summed E-state index contributed by atoms with van der Waals surface area (Å²) < 4.78 is 9.95. The van der Waals surface area contributed by atoms with Gasteiger partial charge in [-0.3, -0.25) is 0 Å². The molecule has 0 atom stereocenters. The van der Waals surface area contributed by atoms with Crippen LogP contribution in [0.1, 0.15) is 13.3 Å². The van der Waals surface area contributed by atoms with Crippen molar-refractivity contribution >= 4 is 5.97 Å². The summed E-state index contributed by atoms with van der Waals surface area (Å²) in [6.45, 7) is 2.99. The Morgan fingerprint density at radius 1 is 1.77 bits per heavy atom. The molecule has 0 unspecified atom stereocenters. The number of esters is 1. The van der Waals surface area contributed by atoms with Crippen LogP contribution in [0, 0.1) is 11.8 Å². The molecule has 3 heteroatoms. The van der Waals surface area contributed by atoms with Crippen molar-refractivity contribution in [2.45, 2.75) is 13.3 Å². The molecule has 0 spiro atoms. The van der Waals surface area contributed by atoms with Gasteiger partial charge in [-0.05, 0) is 13.0 Å². The third-order valence-electron chi connectivity index (χ3n) is 1.68. The van der Waals surface area contributed by atoms with E-state index in [2.05, 4.69) is 11.8 Å². The maximum absolute atomic E-state index is 11.3. The van der Waals surface area contributed by atoms with Crippen LogP contribution in [-0.2, 0) is 14.3 Å². The van der Waals surface area contributed by atoms with Gasteiger partial charge in [0.15, 0.2) is 6.61 Å². The highest BCUT2D eigenvalue weighted by molar-refractivity contribution is 5.88. The second kappa shape index (κ2) is 5.39. The molecule has 0 aromatic heterocycles. The van der Waals surface area contributed by atoms with Gasteiger partial charge in [-0.2, -0.15) is 0 Å². The number of rotatable bonds is 2. The minimum absolute atomic E-state index is 0.174. The minimum atomic E-state index is -0.272. The Kier molecular flexibility index (Phi) is 4.07. The summed E-state index contributed by atoms with van der Waals surface area (Å²) >= 11 is 0. The molecule has 0 aromatic carbocycles. The van der Waals surface area contributed by atoms with E-state index in [1.54, 1.807) is 13.0 Å². The normalized spacial score (nSPS) is 15.3. The molecule has 0 aliphatic carbocycles. The van der Waals surface area contributed by atoms with E-state index >= 15 is 0 Å². The molecular weight excluding hydrogens is 168 g/mol. The molecule has 1 aliphatic rings. The van der Waals surface area contributed by atoms with Crippen LogP contribution in [0.5, 0.6) is 0 Å². The third-order valence-corrected chi connectivity index (χ3v) is 1.68. The quantitative estimate of drug-likeness (QED) is 0.468. The standard InChI is InChI=1S/C10H12O3/c1-2-3-6-13-10(11)9-4-7-12-8-5-9/h4H,5-8H2,1H3. The van der Waals surface area contributed by atoms with E-state index in [-0.39, 0.29) is 12.6 Å². The molecule has 0 saturated carbocycles. The van der Waals surface area contributed by atoms with E-state index in [1.165, 1.54) is 0 Å². The van der Waals surface area contributed by atoms with Crippen molar-refractivity contribution in [3.63, 3.8) is 0 Å². The van der Waals surface area contributed by atoms with Crippen LogP contribution in [-0.4, -0.2) is 25.8 Å². The highest BCUT2D eigenvalue weighted by Crippen LogP contribution is 2.08. The van der Waals surface area contributed by atoms with Gasteiger partial charge in [0.2, 0.25) is 0 Å². The average molecular weight is 180 g/mol. The van der Waals surface area contributed by atoms with E-state index in [0.29, 0.717) is 25.2 Å². The first-order chi connectivity index (χ1) is 6.34. The molecule has 1 rings (SSSR count). The lowest BCUT2D eigenvalue weighted by atomic mass is 10.1. The molecule has 70 valence electrons. The average Bonchev–Trinajstić information content (AvgIpc) is 2.19. The monoisotopic (exact) mass is 180 g/mol. The first-order valence-corrected chi connectivity index (χ1v) is 4.18. The summed E-state index contributed by atoms with van der Waals surface area (Å²) in [5.74, 6) is 5.05. The summed E-state index contributed by atoms with van der Waals surface area (Å²) in [6.07, 6.45) is 2.39. The van der Waals surface area contributed by atoms with Crippen LogP contribution in [0.4, 0.5) is 0 Å². The number of hydrogen-bond acceptors (Lipinski definition) is 3. The van der Waals surface area contributed by atoms with Gasteiger partial charge in [0.05, 0.1) is 13.2 Å². The zero-order valence-electron chi connectivity index (χ0n) is 7.63. The van der Waals surface area contributed by atoms with Gasteiger partial charge in [0.1, 0.15) is 0 Å². The summed E-state index contributed by atoms with van der Waals surface area (Å²) in [6, 6.07) is 0. The predicted molar refractivity (Wildman–Crippen MR) is 47.9 cm³/mol. The van der Waals surface area contributed by atoms with Gasteiger partial charge in [-0.15, -0.1) is 5.92 Å². The summed E-state index contributed by atoms with van der Waals surface area (Å²) in [5, 5.41) is 0. The van der Waals surface area contributed by atoms with Crippen molar-refractivity contribution in [1.82, 2.24) is 0 Å². The van der Waals surface area contributed by atoms with Crippen LogP contribution in [0.2, 0.25) is 0 Å². The zero-order valence-corrected chi connectivity index (χ0v) is 7.63. The maximum Gasteiger partial charge on any atom is 0.334 e. The first kappa shape index (κ1) is 9.82. The van der Waals surface area contributed by atoms with Crippen LogP contribution in [0.3, 0.4) is 0 Å². The zero-order chi connectivity index (χ0) is 9.52. The van der Waals surface area contributed by atoms with E-state index < -0.39 is 0 Å². The molecule has 0 radical (unpaired) electrons. The molecule has 0 saturated heterocycles. The Morgan fingerprint density at radius 3 is 3.23 bits per heavy atom. The van der Waals surface area contributed by atoms with E-state index in [0.717, 1.165) is 0 Å². The summed E-state index contributed by atoms with van der Waals surface area (Å²) in [5.41, 5.74) is 0.698. The Bertz CT molecular complexity index is 268. The lowest BCUT2D eigenvalue weighted by molar-refractivity contribution is -0.138. The van der Waals surface area contributed by atoms with Crippen LogP contribution < -0.4 is 0 Å². The Balaban J connectivity index is 2.36. The Labute approximate surface area is 77.7 Å². The molecule has 0 aromatic rings. The molecule has 0 amide bonds. The number of hydrogen-bond donors (Lipinski definition) is 0. The molecular formula is C10H12O3. The number of carbonyl (C=O) groups is 1. The largest absolute Gasteiger partial charge is 0.449 e. The van der Waals surface area contributed by atoms with Crippen molar-refractivity contribution in [1.29, 1.82) is 0 Å². The minimum Gasteiger partial charge on any atom is -0.449 e. The van der Waals surface area contributed by atoms with Crippen molar-refractivity contribution in [2.24, 2.45) is 0 Å². The van der Waals surface area contributed by atoms with Crippen LogP contribution in [0.15, 0.2) is 11.6 Å². The Hall–Kier alpha value is -1.27. The van der Waals surface area contributed by atoms with E-state index in [4.69, 9.17) is 9.47 Å². The smallest absolute Gasteiger partial charge is 0.334 e. The highest BCUT2D eigenvalue weighted by Gasteiger charge is 2.12. The fourth-order valence-corrected chi connectivity index (χ4v) is 0.979. The molecule has 1 heterocycles. The second-order valence-corrected chi connectivity index (χ2v) is 2.56. The van der Waals surface area contributed by atoms with Gasteiger partial charge in [0, 0.05) is 12.0 Å². The van der Waals surface area contributed by atoms with Crippen molar-refractivity contribution in [3.05, 3.63) is 11.6 Å². The Morgan fingerprint density at radius 2 is 2.62 bits per heavy atom. The van der Waals surface area contributed by atoms with Gasteiger partial charge in [-0.25, -0.2) is 4.79 Å². The third kappa shape index (κ3) is 3.30. The van der Waals surface area contributed by atoms with Crippen molar-refractivity contribution in [2.75, 3.05) is 19.8 Å². The van der Waals surface area contributed by atoms with Gasteiger partial charge >= 0.3 is 5.97 Å². The molecule has 1 aliphatic heterocycles. The van der Waals surface area contributed by atoms with Crippen LogP contribution >= 0.6 is 0 Å². The SMILES string of the molecule is CC#CCOC(=O)C1=CCOCC1. The summed E-state index contributed by atoms with van der Waals surface area (Å²) in [4.78, 5) is 11.3. The molecule has 0 N–H and O–H groups in total. The fraction of sp³-hybridized carbons (Fsp3) is 0.500. The topological polar surface area (TPSA) is 35.5 Å². The first-order valence-electron chi connectivity index (χ1n) is 4.18. The van der Waals surface area contributed by atoms with Gasteiger partial charge in [0.25, 0.3) is 0 Å². The molecule has 0 bridgehead atoms. The lowest BCUT2D eigenvalue weighted by Crippen LogP contribution is -2.14.